The van der Waals surface area contributed by atoms with E-state index < -0.39 is 24.4 Å². The van der Waals surface area contributed by atoms with Crippen molar-refractivity contribution in [3.05, 3.63) is 41.7 Å². The predicted molar refractivity (Wildman–Crippen MR) is 115 cm³/mol. The van der Waals surface area contributed by atoms with Gasteiger partial charge in [0.25, 0.3) is 11.8 Å². The van der Waals surface area contributed by atoms with Gasteiger partial charge in [-0.05, 0) is 37.5 Å². The summed E-state index contributed by atoms with van der Waals surface area (Å²) in [5, 5.41) is 5.67. The van der Waals surface area contributed by atoms with Gasteiger partial charge in [0, 0.05) is 38.2 Å². The number of ether oxygens (including phenoxy) is 1. The summed E-state index contributed by atoms with van der Waals surface area (Å²) in [7, 11) is 1.54. The Kier molecular flexibility index (Phi) is 7.22. The first-order chi connectivity index (χ1) is 15.2. The lowest BCUT2D eigenvalue weighted by molar-refractivity contribution is -0.119. The van der Waals surface area contributed by atoms with Crippen LogP contribution in [-0.2, 0) is 4.79 Å². The van der Waals surface area contributed by atoms with E-state index in [1.165, 1.54) is 18.9 Å². The van der Waals surface area contributed by atoms with E-state index in [-0.39, 0.29) is 24.4 Å². The van der Waals surface area contributed by atoms with Gasteiger partial charge in [-0.1, -0.05) is 6.07 Å². The standard InChI is InChI=1S/C22H27F2N5O3/c1-14-4-5-18(27-19-12-17(32-3)8-11-26-19)28-20(14)21(31)29-13-22(23,24)9-6-16(29)7-10-25-15(2)30/h4-5,8,11-12,16H,6-7,9-10,13H2,1-3H3,(H,25,30)(H,26,27,28)/t16-/m1/s1. The van der Waals surface area contributed by atoms with Gasteiger partial charge >= 0.3 is 0 Å². The number of nitrogens with zero attached hydrogens (tertiary/aromatic N) is 3. The molecule has 0 spiro atoms. The van der Waals surface area contributed by atoms with Crippen molar-refractivity contribution < 1.29 is 23.1 Å². The highest BCUT2D eigenvalue weighted by atomic mass is 19.3. The second kappa shape index (κ2) is 9.88. The number of rotatable bonds is 7. The Morgan fingerprint density at radius 1 is 1.28 bits per heavy atom. The highest BCUT2D eigenvalue weighted by Gasteiger charge is 2.42. The van der Waals surface area contributed by atoms with Gasteiger partial charge in [-0.2, -0.15) is 0 Å². The van der Waals surface area contributed by atoms with E-state index in [0.29, 0.717) is 35.9 Å². The second-order valence-corrected chi connectivity index (χ2v) is 7.82. The van der Waals surface area contributed by atoms with Crippen molar-refractivity contribution in [1.82, 2.24) is 20.2 Å². The predicted octanol–water partition coefficient (Wildman–Crippen LogP) is 3.30. The molecule has 1 atom stereocenters. The summed E-state index contributed by atoms with van der Waals surface area (Å²) in [6.45, 7) is 2.74. The smallest absolute Gasteiger partial charge is 0.273 e. The molecule has 0 radical (unpaired) electrons. The minimum absolute atomic E-state index is 0.0973. The monoisotopic (exact) mass is 447 g/mol. The number of aryl methyl sites for hydroxylation is 1. The lowest BCUT2D eigenvalue weighted by Gasteiger charge is -2.39. The molecule has 0 bridgehead atoms. The van der Waals surface area contributed by atoms with Crippen LogP contribution in [0.1, 0.15) is 42.2 Å². The maximum absolute atomic E-state index is 14.2. The Bertz CT molecular complexity index is 986. The van der Waals surface area contributed by atoms with Crippen molar-refractivity contribution in [2.24, 2.45) is 0 Å². The van der Waals surface area contributed by atoms with Gasteiger partial charge in [0.1, 0.15) is 23.1 Å². The van der Waals surface area contributed by atoms with E-state index in [1.54, 1.807) is 37.4 Å². The number of amides is 2. The van der Waals surface area contributed by atoms with Crippen LogP contribution in [0.2, 0.25) is 0 Å². The van der Waals surface area contributed by atoms with Gasteiger partial charge in [-0.25, -0.2) is 18.7 Å². The Morgan fingerprint density at radius 3 is 2.78 bits per heavy atom. The molecule has 3 rings (SSSR count). The summed E-state index contributed by atoms with van der Waals surface area (Å²) in [5.41, 5.74) is 0.675. The summed E-state index contributed by atoms with van der Waals surface area (Å²) in [4.78, 5) is 34.2. The maximum Gasteiger partial charge on any atom is 0.273 e. The molecule has 10 heteroatoms. The lowest BCUT2D eigenvalue weighted by atomic mass is 9.96. The van der Waals surface area contributed by atoms with E-state index in [9.17, 15) is 18.4 Å². The lowest BCUT2D eigenvalue weighted by Crippen LogP contribution is -2.52. The number of anilines is 2. The van der Waals surface area contributed by atoms with Crippen LogP contribution in [0, 0.1) is 6.92 Å². The number of carbonyl (C=O) groups is 2. The first-order valence-corrected chi connectivity index (χ1v) is 10.4. The Labute approximate surface area is 185 Å². The quantitative estimate of drug-likeness (QED) is 0.676. The number of halogens is 2. The third kappa shape index (κ3) is 5.89. The van der Waals surface area contributed by atoms with Crippen molar-refractivity contribution in [3.8, 4) is 5.75 Å². The number of hydrogen-bond donors (Lipinski definition) is 2. The van der Waals surface area contributed by atoms with Crippen LogP contribution in [0.25, 0.3) is 0 Å². The Morgan fingerprint density at radius 2 is 2.06 bits per heavy atom. The van der Waals surface area contributed by atoms with E-state index in [4.69, 9.17) is 4.74 Å². The fourth-order valence-electron chi connectivity index (χ4n) is 3.63. The minimum Gasteiger partial charge on any atom is -0.497 e. The highest BCUT2D eigenvalue weighted by molar-refractivity contribution is 5.94. The van der Waals surface area contributed by atoms with E-state index >= 15 is 0 Å². The average Bonchev–Trinajstić information content (AvgIpc) is 2.75. The zero-order valence-electron chi connectivity index (χ0n) is 18.3. The second-order valence-electron chi connectivity index (χ2n) is 7.82. The zero-order chi connectivity index (χ0) is 23.3. The van der Waals surface area contributed by atoms with Crippen LogP contribution >= 0.6 is 0 Å². The summed E-state index contributed by atoms with van der Waals surface area (Å²) in [6.07, 6.45) is 1.82. The average molecular weight is 447 g/mol. The molecule has 0 aromatic carbocycles. The van der Waals surface area contributed by atoms with Crippen molar-refractivity contribution in [1.29, 1.82) is 0 Å². The molecule has 2 N–H and O–H groups in total. The molecular formula is C22H27F2N5O3. The fraction of sp³-hybridized carbons (Fsp3) is 0.455. The first kappa shape index (κ1) is 23.4. The number of likely N-dealkylation sites (tertiary alicyclic amines) is 1. The van der Waals surface area contributed by atoms with Crippen LogP contribution in [0.4, 0.5) is 20.4 Å². The van der Waals surface area contributed by atoms with Crippen LogP contribution < -0.4 is 15.4 Å². The molecule has 2 amide bonds. The minimum atomic E-state index is -2.96. The molecule has 2 aromatic rings. The van der Waals surface area contributed by atoms with Crippen LogP contribution in [0.3, 0.4) is 0 Å². The summed E-state index contributed by atoms with van der Waals surface area (Å²) >= 11 is 0. The molecule has 1 fully saturated rings. The van der Waals surface area contributed by atoms with Crippen molar-refractivity contribution >= 4 is 23.5 Å². The van der Waals surface area contributed by atoms with Gasteiger partial charge in [0.15, 0.2) is 0 Å². The highest BCUT2D eigenvalue weighted by Crippen LogP contribution is 2.32. The number of piperidine rings is 1. The number of methoxy groups -OCH3 is 1. The van der Waals surface area contributed by atoms with Gasteiger partial charge in [-0.3, -0.25) is 9.59 Å². The van der Waals surface area contributed by atoms with Crippen molar-refractivity contribution in [2.45, 2.75) is 45.1 Å². The number of hydrogen-bond acceptors (Lipinski definition) is 6. The Balaban J connectivity index is 1.82. The number of alkyl halides is 2. The number of carbonyl (C=O) groups excluding carboxylic acids is 2. The van der Waals surface area contributed by atoms with E-state index in [2.05, 4.69) is 20.6 Å². The number of nitrogens with one attached hydrogen (secondary N) is 2. The SMILES string of the molecule is COc1ccnc(Nc2ccc(C)c(C(=O)N3CC(F)(F)CC[C@@H]3CCNC(C)=O)n2)c1. The van der Waals surface area contributed by atoms with Gasteiger partial charge in [-0.15, -0.1) is 0 Å². The molecule has 0 saturated carbocycles. The van der Waals surface area contributed by atoms with Gasteiger partial charge < -0.3 is 20.3 Å². The molecule has 0 unspecified atom stereocenters. The molecule has 1 aliphatic rings. The number of aromatic nitrogens is 2. The molecule has 32 heavy (non-hydrogen) atoms. The van der Waals surface area contributed by atoms with E-state index in [1.807, 2.05) is 0 Å². The Hall–Kier alpha value is -3.30. The van der Waals surface area contributed by atoms with E-state index in [0.717, 1.165) is 0 Å². The largest absolute Gasteiger partial charge is 0.497 e. The van der Waals surface area contributed by atoms with Crippen molar-refractivity contribution in [2.75, 3.05) is 25.5 Å². The van der Waals surface area contributed by atoms with Crippen LogP contribution in [0.5, 0.6) is 5.75 Å². The first-order valence-electron chi connectivity index (χ1n) is 10.4. The molecular weight excluding hydrogens is 420 g/mol. The molecule has 0 aliphatic carbocycles. The summed E-state index contributed by atoms with van der Waals surface area (Å²) in [5.74, 6) is -2.30. The summed E-state index contributed by atoms with van der Waals surface area (Å²) in [6, 6.07) is 6.35. The molecule has 2 aromatic heterocycles. The normalized spacial score (nSPS) is 17.5. The van der Waals surface area contributed by atoms with Crippen LogP contribution in [-0.4, -0.2) is 58.8 Å². The molecule has 1 saturated heterocycles. The third-order valence-electron chi connectivity index (χ3n) is 5.32. The molecule has 3 heterocycles. The molecule has 1 aliphatic heterocycles. The molecule has 172 valence electrons. The fourth-order valence-corrected chi connectivity index (χ4v) is 3.63. The molecule has 8 nitrogen and oxygen atoms in total. The van der Waals surface area contributed by atoms with Crippen LogP contribution in [0.15, 0.2) is 30.5 Å². The third-order valence-corrected chi connectivity index (χ3v) is 5.32. The maximum atomic E-state index is 14.2. The topological polar surface area (TPSA) is 96.5 Å². The van der Waals surface area contributed by atoms with Gasteiger partial charge in [0.05, 0.1) is 13.7 Å². The zero-order valence-corrected chi connectivity index (χ0v) is 18.3. The van der Waals surface area contributed by atoms with Gasteiger partial charge in [0.2, 0.25) is 5.91 Å². The summed E-state index contributed by atoms with van der Waals surface area (Å²) < 4.78 is 33.5. The van der Waals surface area contributed by atoms with Crippen molar-refractivity contribution in [3.63, 3.8) is 0 Å². The number of pyridine rings is 2.